The third kappa shape index (κ3) is 8.26. The van der Waals surface area contributed by atoms with Gasteiger partial charge in [0.05, 0.1) is 0 Å². The lowest BCUT2D eigenvalue weighted by Crippen LogP contribution is -2.31. The Balaban J connectivity index is 3.94. The van der Waals surface area contributed by atoms with E-state index in [9.17, 15) is 0 Å². The van der Waals surface area contributed by atoms with Gasteiger partial charge in [0, 0.05) is 0 Å². The summed E-state index contributed by atoms with van der Waals surface area (Å²) in [7, 11) is 0. The van der Waals surface area contributed by atoms with Crippen molar-refractivity contribution in [3.8, 4) is 0 Å². The quantitative estimate of drug-likeness (QED) is 0.587. The third-order valence-electron chi connectivity index (χ3n) is 4.74. The largest absolute Gasteiger partial charge is 0.330 e. The van der Waals surface area contributed by atoms with Crippen LogP contribution >= 0.6 is 0 Å². The Bertz CT molecular complexity index is 220. The summed E-state index contributed by atoms with van der Waals surface area (Å²) in [5.41, 5.74) is 6.13. The fourth-order valence-corrected chi connectivity index (χ4v) is 3.19. The van der Waals surface area contributed by atoms with Gasteiger partial charge in [0.2, 0.25) is 0 Å². The zero-order valence-electron chi connectivity index (χ0n) is 15.1. The van der Waals surface area contributed by atoms with Crippen LogP contribution < -0.4 is 11.1 Å². The molecule has 2 heteroatoms. The van der Waals surface area contributed by atoms with Crippen molar-refractivity contribution in [2.45, 2.75) is 67.7 Å². The average molecular weight is 285 g/mol. The second kappa shape index (κ2) is 9.78. The van der Waals surface area contributed by atoms with E-state index in [1.54, 1.807) is 0 Å². The van der Waals surface area contributed by atoms with Crippen molar-refractivity contribution >= 4 is 0 Å². The van der Waals surface area contributed by atoms with Crippen LogP contribution in [-0.2, 0) is 0 Å². The van der Waals surface area contributed by atoms with Crippen LogP contribution in [0.2, 0.25) is 0 Å². The molecule has 0 rings (SSSR count). The molecule has 1 unspecified atom stereocenters. The molecule has 0 saturated carbocycles. The highest BCUT2D eigenvalue weighted by Gasteiger charge is 2.23. The first-order chi connectivity index (χ1) is 9.20. The lowest BCUT2D eigenvalue weighted by molar-refractivity contribution is 0.208. The Morgan fingerprint density at radius 2 is 1.50 bits per heavy atom. The van der Waals surface area contributed by atoms with E-state index in [0.717, 1.165) is 49.7 Å². The van der Waals surface area contributed by atoms with Gasteiger partial charge in [-0.05, 0) is 68.0 Å². The van der Waals surface area contributed by atoms with Gasteiger partial charge in [-0.2, -0.15) is 0 Å². The van der Waals surface area contributed by atoms with Gasteiger partial charge in [-0.25, -0.2) is 0 Å². The standard InChI is InChI=1S/C18H40N2/c1-14(2)17(15(3)4)13-20-12-8-9-16(10-11-19)18(5,6)7/h14-17,20H,8-13,19H2,1-7H3. The minimum Gasteiger partial charge on any atom is -0.330 e. The molecule has 0 aromatic carbocycles. The molecule has 0 spiro atoms. The summed E-state index contributed by atoms with van der Waals surface area (Å²) in [5, 5.41) is 3.67. The second-order valence-electron chi connectivity index (χ2n) is 8.14. The van der Waals surface area contributed by atoms with Gasteiger partial charge in [0.25, 0.3) is 0 Å². The molecule has 0 aliphatic heterocycles. The highest BCUT2D eigenvalue weighted by molar-refractivity contribution is 4.75. The molecule has 0 fully saturated rings. The summed E-state index contributed by atoms with van der Waals surface area (Å²) < 4.78 is 0. The SMILES string of the molecule is CC(C)C(CNCCCC(CCN)C(C)(C)C)C(C)C. The first-order valence-corrected chi connectivity index (χ1v) is 8.60. The minimum atomic E-state index is 0.387. The van der Waals surface area contributed by atoms with Crippen molar-refractivity contribution in [1.29, 1.82) is 0 Å². The molecule has 1 atom stereocenters. The molecule has 20 heavy (non-hydrogen) atoms. The fraction of sp³-hybridized carbons (Fsp3) is 1.00. The van der Waals surface area contributed by atoms with E-state index >= 15 is 0 Å². The Morgan fingerprint density at radius 1 is 0.950 bits per heavy atom. The summed E-state index contributed by atoms with van der Waals surface area (Å²) in [4.78, 5) is 0. The number of rotatable bonds is 10. The monoisotopic (exact) mass is 284 g/mol. The van der Waals surface area contributed by atoms with Crippen molar-refractivity contribution in [1.82, 2.24) is 5.32 Å². The van der Waals surface area contributed by atoms with Gasteiger partial charge in [-0.1, -0.05) is 48.5 Å². The summed E-state index contributed by atoms with van der Waals surface area (Å²) in [5.74, 6) is 3.07. The van der Waals surface area contributed by atoms with E-state index in [1.807, 2.05) is 0 Å². The van der Waals surface area contributed by atoms with E-state index in [4.69, 9.17) is 5.73 Å². The van der Waals surface area contributed by atoms with Crippen molar-refractivity contribution in [2.75, 3.05) is 19.6 Å². The Morgan fingerprint density at radius 3 is 1.90 bits per heavy atom. The van der Waals surface area contributed by atoms with E-state index in [2.05, 4.69) is 53.8 Å². The van der Waals surface area contributed by atoms with E-state index in [0.29, 0.717) is 5.41 Å². The van der Waals surface area contributed by atoms with Crippen LogP contribution in [0, 0.1) is 29.1 Å². The highest BCUT2D eigenvalue weighted by atomic mass is 14.9. The van der Waals surface area contributed by atoms with Crippen LogP contribution in [0.3, 0.4) is 0 Å². The topological polar surface area (TPSA) is 38.0 Å². The molecule has 122 valence electrons. The molecule has 2 nitrogen and oxygen atoms in total. The van der Waals surface area contributed by atoms with Crippen molar-refractivity contribution in [3.63, 3.8) is 0 Å². The van der Waals surface area contributed by atoms with E-state index in [1.165, 1.54) is 12.8 Å². The maximum Gasteiger partial charge on any atom is -0.00156 e. The summed E-state index contributed by atoms with van der Waals surface area (Å²) >= 11 is 0. The fourth-order valence-electron chi connectivity index (χ4n) is 3.19. The maximum absolute atomic E-state index is 5.75. The van der Waals surface area contributed by atoms with E-state index in [-0.39, 0.29) is 0 Å². The molecule has 0 aliphatic rings. The van der Waals surface area contributed by atoms with Crippen LogP contribution in [0.5, 0.6) is 0 Å². The van der Waals surface area contributed by atoms with Gasteiger partial charge < -0.3 is 11.1 Å². The summed E-state index contributed by atoms with van der Waals surface area (Å²) in [6.07, 6.45) is 3.72. The van der Waals surface area contributed by atoms with Crippen molar-refractivity contribution < 1.29 is 0 Å². The molecular weight excluding hydrogens is 244 g/mol. The van der Waals surface area contributed by atoms with Crippen molar-refractivity contribution in [2.24, 2.45) is 34.8 Å². The molecule has 0 aromatic heterocycles. The van der Waals surface area contributed by atoms with Gasteiger partial charge in [-0.3, -0.25) is 0 Å². The lowest BCUT2D eigenvalue weighted by Gasteiger charge is -2.31. The molecular formula is C18H40N2. The Labute approximate surface area is 128 Å². The first kappa shape index (κ1) is 19.9. The molecule has 0 amide bonds. The maximum atomic E-state index is 5.75. The molecule has 0 aliphatic carbocycles. The number of hydrogen-bond acceptors (Lipinski definition) is 2. The van der Waals surface area contributed by atoms with Gasteiger partial charge >= 0.3 is 0 Å². The zero-order chi connectivity index (χ0) is 15.8. The van der Waals surface area contributed by atoms with Crippen LogP contribution in [-0.4, -0.2) is 19.6 Å². The second-order valence-corrected chi connectivity index (χ2v) is 8.14. The predicted octanol–water partition coefficient (Wildman–Crippen LogP) is 4.30. The number of nitrogens with one attached hydrogen (secondary N) is 1. The number of nitrogens with two attached hydrogens (primary N) is 1. The molecule has 0 bridgehead atoms. The van der Waals surface area contributed by atoms with Crippen LogP contribution in [0.25, 0.3) is 0 Å². The minimum absolute atomic E-state index is 0.387. The summed E-state index contributed by atoms with van der Waals surface area (Å²) in [6.45, 7) is 19.5. The van der Waals surface area contributed by atoms with Crippen LogP contribution in [0.4, 0.5) is 0 Å². The molecule has 0 heterocycles. The molecule has 0 aromatic rings. The van der Waals surface area contributed by atoms with Crippen LogP contribution in [0.1, 0.15) is 67.7 Å². The van der Waals surface area contributed by atoms with Gasteiger partial charge in [-0.15, -0.1) is 0 Å². The van der Waals surface area contributed by atoms with Gasteiger partial charge in [0.1, 0.15) is 0 Å². The van der Waals surface area contributed by atoms with Gasteiger partial charge in [0.15, 0.2) is 0 Å². The number of hydrogen-bond donors (Lipinski definition) is 2. The summed E-state index contributed by atoms with van der Waals surface area (Å²) in [6, 6.07) is 0. The average Bonchev–Trinajstić information content (AvgIpc) is 2.29. The predicted molar refractivity (Wildman–Crippen MR) is 91.9 cm³/mol. The highest BCUT2D eigenvalue weighted by Crippen LogP contribution is 2.31. The third-order valence-corrected chi connectivity index (χ3v) is 4.74. The van der Waals surface area contributed by atoms with Crippen molar-refractivity contribution in [3.05, 3.63) is 0 Å². The molecule has 0 saturated heterocycles. The smallest absolute Gasteiger partial charge is 0.00156 e. The Kier molecular flexibility index (Phi) is 9.74. The van der Waals surface area contributed by atoms with Crippen LogP contribution in [0.15, 0.2) is 0 Å². The Hall–Kier alpha value is -0.0800. The lowest BCUT2D eigenvalue weighted by atomic mass is 9.76. The molecule has 3 N–H and O–H groups in total. The molecule has 0 radical (unpaired) electrons. The normalized spacial score (nSPS) is 14.6. The van der Waals surface area contributed by atoms with E-state index < -0.39 is 0 Å². The first-order valence-electron chi connectivity index (χ1n) is 8.60. The zero-order valence-corrected chi connectivity index (χ0v) is 15.1.